The highest BCUT2D eigenvalue weighted by Gasteiger charge is 2.36. The lowest BCUT2D eigenvalue weighted by Gasteiger charge is -2.40. The molecule has 1 aliphatic heterocycles. The first-order chi connectivity index (χ1) is 7.76. The second-order valence-corrected chi connectivity index (χ2v) is 4.77. The Kier molecular flexibility index (Phi) is 3.62. The summed E-state index contributed by atoms with van der Waals surface area (Å²) in [5.41, 5.74) is 2.88. The molecule has 1 aromatic carbocycles. The van der Waals surface area contributed by atoms with Crippen LogP contribution in [0.25, 0.3) is 0 Å². The Morgan fingerprint density at radius 1 is 1.31 bits per heavy atom. The molecule has 2 rings (SSSR count). The summed E-state index contributed by atoms with van der Waals surface area (Å²) in [6, 6.07) is 8.38. The van der Waals surface area contributed by atoms with Gasteiger partial charge in [0, 0.05) is 5.41 Å². The first kappa shape index (κ1) is 11.6. The zero-order valence-electron chi connectivity index (χ0n) is 10.2. The molecule has 2 nitrogen and oxygen atoms in total. The van der Waals surface area contributed by atoms with Gasteiger partial charge in [-0.15, -0.1) is 0 Å². The average Bonchev–Trinajstić information content (AvgIpc) is 2.25. The van der Waals surface area contributed by atoms with Crippen LogP contribution in [0.1, 0.15) is 24.5 Å². The third kappa shape index (κ3) is 2.45. The normalized spacial score (nSPS) is 18.1. The van der Waals surface area contributed by atoms with Crippen molar-refractivity contribution < 1.29 is 9.47 Å². The zero-order chi connectivity index (χ0) is 11.4. The second-order valence-electron chi connectivity index (χ2n) is 4.77. The molecule has 0 unspecified atom stereocenters. The van der Waals surface area contributed by atoms with Crippen molar-refractivity contribution in [1.82, 2.24) is 0 Å². The maximum absolute atomic E-state index is 5.82. The minimum absolute atomic E-state index is 0.294. The Bertz CT molecular complexity index is 337. The van der Waals surface area contributed by atoms with E-state index >= 15 is 0 Å². The van der Waals surface area contributed by atoms with Gasteiger partial charge in [0.2, 0.25) is 0 Å². The number of hydrogen-bond donors (Lipinski definition) is 0. The van der Waals surface area contributed by atoms with E-state index in [1.54, 1.807) is 0 Å². The highest BCUT2D eigenvalue weighted by Crippen LogP contribution is 2.31. The van der Waals surface area contributed by atoms with Crippen LogP contribution in [-0.4, -0.2) is 19.8 Å². The van der Waals surface area contributed by atoms with Crippen LogP contribution in [0.2, 0.25) is 0 Å². The van der Waals surface area contributed by atoms with Gasteiger partial charge in [0.25, 0.3) is 0 Å². The molecule has 0 saturated carbocycles. The van der Waals surface area contributed by atoms with Gasteiger partial charge in [-0.25, -0.2) is 0 Å². The molecule has 0 aromatic heterocycles. The molecule has 0 atom stereocenters. The van der Waals surface area contributed by atoms with E-state index in [4.69, 9.17) is 9.47 Å². The van der Waals surface area contributed by atoms with E-state index in [1.807, 2.05) is 0 Å². The predicted octanol–water partition coefficient (Wildman–Crippen LogP) is 2.94. The Balaban J connectivity index is 1.82. The van der Waals surface area contributed by atoms with Crippen molar-refractivity contribution in [2.75, 3.05) is 19.8 Å². The van der Waals surface area contributed by atoms with Crippen molar-refractivity contribution >= 4 is 0 Å². The summed E-state index contributed by atoms with van der Waals surface area (Å²) in [6.07, 6.45) is 1.14. The molecule has 0 radical (unpaired) electrons. The van der Waals surface area contributed by atoms with Crippen LogP contribution < -0.4 is 0 Å². The van der Waals surface area contributed by atoms with Gasteiger partial charge in [0.1, 0.15) is 0 Å². The number of ether oxygens (including phenoxy) is 2. The number of hydrogen-bond acceptors (Lipinski definition) is 2. The molecule has 1 saturated heterocycles. The average molecular weight is 220 g/mol. The van der Waals surface area contributed by atoms with Crippen LogP contribution in [0.15, 0.2) is 24.3 Å². The third-order valence-electron chi connectivity index (χ3n) is 3.49. The van der Waals surface area contributed by atoms with Gasteiger partial charge < -0.3 is 9.47 Å². The molecule has 0 N–H and O–H groups in total. The monoisotopic (exact) mass is 220 g/mol. The molecular formula is C14H20O2. The Morgan fingerprint density at radius 2 is 2.06 bits per heavy atom. The molecule has 0 aliphatic carbocycles. The molecular weight excluding hydrogens is 200 g/mol. The number of benzene rings is 1. The van der Waals surface area contributed by atoms with E-state index in [1.165, 1.54) is 11.1 Å². The highest BCUT2D eigenvalue weighted by atomic mass is 16.5. The van der Waals surface area contributed by atoms with E-state index in [2.05, 4.69) is 38.1 Å². The molecule has 1 fully saturated rings. The smallest absolute Gasteiger partial charge is 0.0719 e. The van der Waals surface area contributed by atoms with Crippen LogP contribution in [0, 0.1) is 12.3 Å². The molecule has 88 valence electrons. The summed E-state index contributed by atoms with van der Waals surface area (Å²) in [7, 11) is 0. The van der Waals surface area contributed by atoms with Crippen LogP contribution in [-0.2, 0) is 16.1 Å². The van der Waals surface area contributed by atoms with Crippen molar-refractivity contribution in [2.24, 2.45) is 5.41 Å². The van der Waals surface area contributed by atoms with Crippen molar-refractivity contribution in [3.8, 4) is 0 Å². The standard InChI is InChI=1S/C14H20O2/c1-3-14(10-16-11-14)9-15-8-13-7-5-4-6-12(13)2/h4-7H,3,8-11H2,1-2H3. The first-order valence-electron chi connectivity index (χ1n) is 5.96. The van der Waals surface area contributed by atoms with E-state index in [0.29, 0.717) is 12.0 Å². The van der Waals surface area contributed by atoms with Crippen molar-refractivity contribution in [3.05, 3.63) is 35.4 Å². The van der Waals surface area contributed by atoms with Gasteiger partial charge in [0.05, 0.1) is 26.4 Å². The fourth-order valence-electron chi connectivity index (χ4n) is 1.93. The zero-order valence-corrected chi connectivity index (χ0v) is 10.2. The maximum Gasteiger partial charge on any atom is 0.0719 e. The number of rotatable bonds is 5. The van der Waals surface area contributed by atoms with E-state index in [9.17, 15) is 0 Å². The number of aryl methyl sites for hydroxylation is 1. The summed E-state index contributed by atoms with van der Waals surface area (Å²) in [5.74, 6) is 0. The second kappa shape index (κ2) is 4.98. The van der Waals surface area contributed by atoms with Gasteiger partial charge in [-0.1, -0.05) is 31.2 Å². The molecule has 0 amide bonds. The molecule has 0 spiro atoms. The fourth-order valence-corrected chi connectivity index (χ4v) is 1.93. The Labute approximate surface area is 97.6 Å². The van der Waals surface area contributed by atoms with Crippen LogP contribution in [0.5, 0.6) is 0 Å². The minimum atomic E-state index is 0.294. The first-order valence-corrected chi connectivity index (χ1v) is 5.96. The Hall–Kier alpha value is -0.860. The van der Waals surface area contributed by atoms with Gasteiger partial charge in [0.15, 0.2) is 0 Å². The summed E-state index contributed by atoms with van der Waals surface area (Å²) in [4.78, 5) is 0. The minimum Gasteiger partial charge on any atom is -0.380 e. The summed E-state index contributed by atoms with van der Waals surface area (Å²) in [6.45, 7) is 7.58. The van der Waals surface area contributed by atoms with E-state index in [-0.39, 0.29) is 0 Å². The molecule has 16 heavy (non-hydrogen) atoms. The van der Waals surface area contributed by atoms with E-state index < -0.39 is 0 Å². The molecule has 2 heteroatoms. The van der Waals surface area contributed by atoms with Gasteiger partial charge >= 0.3 is 0 Å². The van der Waals surface area contributed by atoms with Gasteiger partial charge in [-0.2, -0.15) is 0 Å². The lowest BCUT2D eigenvalue weighted by atomic mass is 9.84. The predicted molar refractivity (Wildman–Crippen MR) is 64.4 cm³/mol. The van der Waals surface area contributed by atoms with Gasteiger partial charge in [-0.3, -0.25) is 0 Å². The highest BCUT2D eigenvalue weighted by molar-refractivity contribution is 5.24. The van der Waals surface area contributed by atoms with E-state index in [0.717, 1.165) is 26.2 Å². The fraction of sp³-hybridized carbons (Fsp3) is 0.571. The third-order valence-corrected chi connectivity index (χ3v) is 3.49. The molecule has 1 heterocycles. The summed E-state index contributed by atoms with van der Waals surface area (Å²) < 4.78 is 11.1. The largest absolute Gasteiger partial charge is 0.380 e. The Morgan fingerprint density at radius 3 is 2.62 bits per heavy atom. The quantitative estimate of drug-likeness (QED) is 0.759. The van der Waals surface area contributed by atoms with Crippen LogP contribution >= 0.6 is 0 Å². The molecule has 1 aliphatic rings. The van der Waals surface area contributed by atoms with Crippen molar-refractivity contribution in [3.63, 3.8) is 0 Å². The topological polar surface area (TPSA) is 18.5 Å². The van der Waals surface area contributed by atoms with Crippen LogP contribution in [0.4, 0.5) is 0 Å². The summed E-state index contributed by atoms with van der Waals surface area (Å²) >= 11 is 0. The van der Waals surface area contributed by atoms with Crippen LogP contribution in [0.3, 0.4) is 0 Å². The van der Waals surface area contributed by atoms with Crippen molar-refractivity contribution in [1.29, 1.82) is 0 Å². The van der Waals surface area contributed by atoms with Gasteiger partial charge in [-0.05, 0) is 24.5 Å². The summed E-state index contributed by atoms with van der Waals surface area (Å²) in [5, 5.41) is 0. The molecule has 0 bridgehead atoms. The van der Waals surface area contributed by atoms with Crippen molar-refractivity contribution in [2.45, 2.75) is 26.9 Å². The molecule has 1 aromatic rings. The lowest BCUT2D eigenvalue weighted by Crippen LogP contribution is -2.45. The maximum atomic E-state index is 5.82. The lowest BCUT2D eigenvalue weighted by molar-refractivity contribution is -0.152. The SMILES string of the molecule is CCC1(COCc2ccccc2C)COC1.